The number of rotatable bonds is 4. The van der Waals surface area contributed by atoms with Crippen LogP contribution in [0.1, 0.15) is 44.4 Å². The molecule has 0 saturated heterocycles. The smallest absolute Gasteiger partial charge is 0.306 e. The van der Waals surface area contributed by atoms with Crippen LogP contribution in [0, 0.1) is 0 Å². The average molecular weight is 307 g/mol. The summed E-state index contributed by atoms with van der Waals surface area (Å²) in [5, 5.41) is 0. The van der Waals surface area contributed by atoms with Gasteiger partial charge in [-0.05, 0) is 38.6 Å². The van der Waals surface area contributed by atoms with Gasteiger partial charge in [-0.2, -0.15) is 0 Å². The molecule has 0 N–H and O–H groups in total. The quantitative estimate of drug-likeness (QED) is 0.801. The number of methoxy groups -OCH3 is 2. The molecule has 1 aliphatic rings. The molecule has 5 heteroatoms. The Labute approximate surface area is 132 Å². The van der Waals surface area contributed by atoms with E-state index < -0.39 is 0 Å². The molecule has 1 aliphatic heterocycles. The van der Waals surface area contributed by atoms with Gasteiger partial charge in [0.25, 0.3) is 0 Å². The van der Waals surface area contributed by atoms with Gasteiger partial charge in [0.15, 0.2) is 11.5 Å². The maximum absolute atomic E-state index is 11.9. The number of hydrogen-bond donors (Lipinski definition) is 0. The molecule has 1 heterocycles. The Morgan fingerprint density at radius 2 is 1.86 bits per heavy atom. The lowest BCUT2D eigenvalue weighted by atomic mass is 9.82. The van der Waals surface area contributed by atoms with E-state index in [2.05, 4.69) is 18.7 Å². The summed E-state index contributed by atoms with van der Waals surface area (Å²) >= 11 is 0. The first-order valence-electron chi connectivity index (χ1n) is 7.50. The van der Waals surface area contributed by atoms with Crippen LogP contribution >= 0.6 is 0 Å². The van der Waals surface area contributed by atoms with Crippen LogP contribution in [-0.4, -0.2) is 37.7 Å². The molecule has 2 rings (SSSR count). The number of hydrogen-bond acceptors (Lipinski definition) is 5. The minimum absolute atomic E-state index is 0.200. The van der Waals surface area contributed by atoms with Crippen molar-refractivity contribution in [3.63, 3.8) is 0 Å². The van der Waals surface area contributed by atoms with E-state index in [1.54, 1.807) is 21.1 Å². The highest BCUT2D eigenvalue weighted by atomic mass is 16.5. The molecule has 22 heavy (non-hydrogen) atoms. The zero-order valence-corrected chi connectivity index (χ0v) is 14.2. The fraction of sp³-hybridized carbons (Fsp3) is 0.588. The van der Waals surface area contributed by atoms with Crippen molar-refractivity contribution in [2.45, 2.75) is 45.4 Å². The SMILES string of the molecule is CCC(=O)OC1c2cc(OC)c(OC)cc2CN(C)C1(C)C. The van der Waals surface area contributed by atoms with E-state index >= 15 is 0 Å². The molecule has 0 spiro atoms. The predicted octanol–water partition coefficient (Wildman–Crippen LogP) is 2.92. The third kappa shape index (κ3) is 2.77. The standard InChI is InChI=1S/C17H25NO4/c1-7-15(19)22-16-12-9-14(21-6)13(20-5)8-11(12)10-18(4)17(16,2)3/h8-9,16H,7,10H2,1-6H3. The van der Waals surface area contributed by atoms with Crippen LogP contribution in [0.3, 0.4) is 0 Å². The van der Waals surface area contributed by atoms with Gasteiger partial charge in [0.05, 0.1) is 19.8 Å². The molecule has 1 unspecified atom stereocenters. The molecular weight excluding hydrogens is 282 g/mol. The molecule has 1 aromatic rings. The number of carbonyl (C=O) groups is 1. The van der Waals surface area contributed by atoms with E-state index in [0.717, 1.165) is 17.7 Å². The van der Waals surface area contributed by atoms with Crippen LogP contribution in [0.5, 0.6) is 11.5 Å². The molecule has 1 atom stereocenters. The van der Waals surface area contributed by atoms with Gasteiger partial charge in [-0.25, -0.2) is 0 Å². The van der Waals surface area contributed by atoms with E-state index in [1.165, 1.54) is 0 Å². The first-order chi connectivity index (χ1) is 10.3. The van der Waals surface area contributed by atoms with E-state index in [0.29, 0.717) is 17.9 Å². The molecule has 0 amide bonds. The number of likely N-dealkylation sites (N-methyl/N-ethyl adjacent to an activating group) is 1. The Balaban J connectivity index is 2.55. The molecule has 0 aliphatic carbocycles. The van der Waals surface area contributed by atoms with Gasteiger partial charge < -0.3 is 14.2 Å². The lowest BCUT2D eigenvalue weighted by molar-refractivity contribution is -0.158. The second-order valence-electron chi connectivity index (χ2n) is 6.14. The molecule has 0 aromatic heterocycles. The summed E-state index contributed by atoms with van der Waals surface area (Å²) < 4.78 is 16.5. The number of nitrogens with zero attached hydrogens (tertiary/aromatic N) is 1. The second-order valence-corrected chi connectivity index (χ2v) is 6.14. The number of benzene rings is 1. The average Bonchev–Trinajstić information content (AvgIpc) is 2.50. The van der Waals surface area contributed by atoms with Gasteiger partial charge in [-0.3, -0.25) is 9.69 Å². The summed E-state index contributed by atoms with van der Waals surface area (Å²) in [6.45, 7) is 6.74. The Bertz CT molecular complexity index is 568. The van der Waals surface area contributed by atoms with Crippen LogP contribution in [0.4, 0.5) is 0 Å². The van der Waals surface area contributed by atoms with Crippen molar-refractivity contribution in [1.29, 1.82) is 0 Å². The van der Waals surface area contributed by atoms with Crippen molar-refractivity contribution >= 4 is 5.97 Å². The third-order valence-electron chi connectivity index (χ3n) is 4.50. The first-order valence-corrected chi connectivity index (χ1v) is 7.50. The topological polar surface area (TPSA) is 48.0 Å². The van der Waals surface area contributed by atoms with Crippen molar-refractivity contribution in [3.8, 4) is 11.5 Å². The number of carbonyl (C=O) groups excluding carboxylic acids is 1. The minimum atomic E-state index is -0.339. The molecule has 0 saturated carbocycles. The summed E-state index contributed by atoms with van der Waals surface area (Å²) in [5.41, 5.74) is 1.79. The van der Waals surface area contributed by atoms with Crippen molar-refractivity contribution in [3.05, 3.63) is 23.3 Å². The molecule has 5 nitrogen and oxygen atoms in total. The van der Waals surface area contributed by atoms with Crippen LogP contribution in [0.25, 0.3) is 0 Å². The summed E-state index contributed by atoms with van der Waals surface area (Å²) in [6.07, 6.45) is 0.0207. The van der Waals surface area contributed by atoms with Gasteiger partial charge in [0.2, 0.25) is 0 Å². The summed E-state index contributed by atoms with van der Waals surface area (Å²) in [4.78, 5) is 14.1. The van der Waals surface area contributed by atoms with Gasteiger partial charge in [0.1, 0.15) is 6.10 Å². The third-order valence-corrected chi connectivity index (χ3v) is 4.50. The Kier molecular flexibility index (Phi) is 4.66. The molecule has 0 fully saturated rings. The van der Waals surface area contributed by atoms with Crippen molar-refractivity contribution in [2.24, 2.45) is 0 Å². The van der Waals surface area contributed by atoms with Crippen molar-refractivity contribution in [2.75, 3.05) is 21.3 Å². The zero-order chi connectivity index (χ0) is 16.5. The van der Waals surface area contributed by atoms with Gasteiger partial charge in [-0.15, -0.1) is 0 Å². The molecular formula is C17H25NO4. The van der Waals surface area contributed by atoms with E-state index in [-0.39, 0.29) is 17.6 Å². The van der Waals surface area contributed by atoms with Crippen LogP contribution in [0.2, 0.25) is 0 Å². The fourth-order valence-corrected chi connectivity index (χ4v) is 2.78. The van der Waals surface area contributed by atoms with E-state index in [9.17, 15) is 4.79 Å². The Hall–Kier alpha value is -1.75. The zero-order valence-electron chi connectivity index (χ0n) is 14.2. The van der Waals surface area contributed by atoms with E-state index in [1.807, 2.05) is 19.2 Å². The van der Waals surface area contributed by atoms with Gasteiger partial charge in [-0.1, -0.05) is 6.92 Å². The monoisotopic (exact) mass is 307 g/mol. The highest BCUT2D eigenvalue weighted by Gasteiger charge is 2.42. The number of esters is 1. The predicted molar refractivity (Wildman–Crippen MR) is 84.2 cm³/mol. The maximum Gasteiger partial charge on any atom is 0.306 e. The van der Waals surface area contributed by atoms with Crippen LogP contribution < -0.4 is 9.47 Å². The number of fused-ring (bicyclic) bond motifs is 1. The van der Waals surface area contributed by atoms with Crippen molar-refractivity contribution < 1.29 is 19.0 Å². The maximum atomic E-state index is 11.9. The van der Waals surface area contributed by atoms with Crippen LogP contribution in [-0.2, 0) is 16.1 Å². The fourth-order valence-electron chi connectivity index (χ4n) is 2.78. The van der Waals surface area contributed by atoms with Gasteiger partial charge in [0, 0.05) is 18.5 Å². The Morgan fingerprint density at radius 1 is 1.27 bits per heavy atom. The highest BCUT2D eigenvalue weighted by Crippen LogP contribution is 2.44. The van der Waals surface area contributed by atoms with Crippen molar-refractivity contribution in [1.82, 2.24) is 4.90 Å². The summed E-state index contributed by atoms with van der Waals surface area (Å²) in [6, 6.07) is 3.89. The molecule has 0 bridgehead atoms. The second kappa shape index (κ2) is 6.16. The summed E-state index contributed by atoms with van der Waals surface area (Å²) in [5.74, 6) is 1.14. The Morgan fingerprint density at radius 3 is 2.41 bits per heavy atom. The van der Waals surface area contributed by atoms with E-state index in [4.69, 9.17) is 14.2 Å². The van der Waals surface area contributed by atoms with Gasteiger partial charge >= 0.3 is 5.97 Å². The largest absolute Gasteiger partial charge is 0.493 e. The number of ether oxygens (including phenoxy) is 3. The first kappa shape index (κ1) is 16.6. The molecule has 122 valence electrons. The highest BCUT2D eigenvalue weighted by molar-refractivity contribution is 5.69. The minimum Gasteiger partial charge on any atom is -0.493 e. The van der Waals surface area contributed by atoms with Crippen LogP contribution in [0.15, 0.2) is 12.1 Å². The lowest BCUT2D eigenvalue weighted by Gasteiger charge is -2.46. The molecule has 0 radical (unpaired) electrons. The molecule has 1 aromatic carbocycles. The summed E-state index contributed by atoms with van der Waals surface area (Å²) in [7, 11) is 5.26. The normalized spacial score (nSPS) is 20.2. The lowest BCUT2D eigenvalue weighted by Crippen LogP contribution is -2.50.